The van der Waals surface area contributed by atoms with E-state index in [0.717, 1.165) is 11.3 Å². The van der Waals surface area contributed by atoms with E-state index in [9.17, 15) is 0 Å². The van der Waals surface area contributed by atoms with Crippen LogP contribution in [0.15, 0.2) is 36.4 Å². The molecule has 0 saturated carbocycles. The Morgan fingerprint density at radius 2 is 1.69 bits per heavy atom. The maximum Gasteiger partial charge on any atom is 0.128 e. The lowest BCUT2D eigenvalue weighted by Gasteiger charge is -2.42. The van der Waals surface area contributed by atoms with Crippen LogP contribution in [0.1, 0.15) is 68.4 Å². The first-order valence-corrected chi connectivity index (χ1v) is 9.33. The van der Waals surface area contributed by atoms with Crippen molar-refractivity contribution in [2.45, 2.75) is 51.4 Å². The number of fused-ring (bicyclic) bond motifs is 2. The van der Waals surface area contributed by atoms with Crippen LogP contribution in [0, 0.1) is 11.3 Å². The minimum Gasteiger partial charge on any atom is -0.488 e. The van der Waals surface area contributed by atoms with E-state index in [1.165, 1.54) is 35.1 Å². The molecule has 0 amide bonds. The topological polar surface area (TPSA) is 33.0 Å². The summed E-state index contributed by atoms with van der Waals surface area (Å²) in [7, 11) is 0. The summed E-state index contributed by atoms with van der Waals surface area (Å²) in [6.45, 7) is 9.99. The summed E-state index contributed by atoms with van der Waals surface area (Å²) in [5.74, 6) is 0.815. The Kier molecular flexibility index (Phi) is 3.74. The molecule has 1 aliphatic carbocycles. The zero-order valence-electron chi connectivity index (χ0n) is 16.0. The highest BCUT2D eigenvalue weighted by Gasteiger charge is 2.36. The predicted molar refractivity (Wildman–Crippen MR) is 106 cm³/mol. The van der Waals surface area contributed by atoms with Crippen LogP contribution in [0.5, 0.6) is 5.75 Å². The third-order valence-electron chi connectivity index (χ3n) is 6.06. The van der Waals surface area contributed by atoms with E-state index in [2.05, 4.69) is 58.0 Å². The van der Waals surface area contributed by atoms with Crippen LogP contribution < -0.4 is 4.74 Å². The van der Waals surface area contributed by atoms with Crippen molar-refractivity contribution in [1.82, 2.24) is 0 Å². The second-order valence-electron chi connectivity index (χ2n) is 8.85. The smallest absolute Gasteiger partial charge is 0.128 e. The van der Waals surface area contributed by atoms with Crippen LogP contribution in [0.4, 0.5) is 0 Å². The fraction of sp³-hybridized carbons (Fsp3) is 0.375. The van der Waals surface area contributed by atoms with E-state index in [-0.39, 0.29) is 10.8 Å². The van der Waals surface area contributed by atoms with Crippen molar-refractivity contribution in [1.29, 1.82) is 5.26 Å². The van der Waals surface area contributed by atoms with Gasteiger partial charge in [0, 0.05) is 11.1 Å². The number of nitrogens with zero attached hydrogens (tertiary/aromatic N) is 1. The summed E-state index contributed by atoms with van der Waals surface area (Å²) >= 11 is 0. The quantitative estimate of drug-likeness (QED) is 0.651. The fourth-order valence-corrected chi connectivity index (χ4v) is 4.23. The molecule has 0 unspecified atom stereocenters. The first kappa shape index (κ1) is 16.9. The molecule has 0 saturated heterocycles. The molecule has 0 fully saturated rings. The van der Waals surface area contributed by atoms with Crippen molar-refractivity contribution < 1.29 is 4.74 Å². The zero-order chi connectivity index (χ0) is 18.5. The maximum atomic E-state index is 9.05. The molecule has 1 heterocycles. The van der Waals surface area contributed by atoms with E-state index >= 15 is 0 Å². The summed E-state index contributed by atoms with van der Waals surface area (Å²) in [5, 5.41) is 9.05. The third-order valence-corrected chi connectivity index (χ3v) is 6.06. The Morgan fingerprint density at radius 1 is 0.962 bits per heavy atom. The van der Waals surface area contributed by atoms with Crippen LogP contribution in [-0.2, 0) is 10.8 Å². The molecule has 2 aromatic rings. The SMILES string of the molecule is CC1(C)CCC(C)(C)c2cc(/C=C3\COc4cc(C#N)ccc43)ccc21. The monoisotopic (exact) mass is 343 g/mol. The Morgan fingerprint density at radius 3 is 2.42 bits per heavy atom. The molecule has 0 radical (unpaired) electrons. The van der Waals surface area contributed by atoms with E-state index in [1.807, 2.05) is 18.2 Å². The van der Waals surface area contributed by atoms with Crippen LogP contribution in [0.2, 0.25) is 0 Å². The zero-order valence-corrected chi connectivity index (χ0v) is 16.0. The lowest BCUT2D eigenvalue weighted by Crippen LogP contribution is -2.33. The van der Waals surface area contributed by atoms with Crippen LogP contribution >= 0.6 is 0 Å². The highest BCUT2D eigenvalue weighted by Crippen LogP contribution is 2.46. The van der Waals surface area contributed by atoms with Crippen molar-refractivity contribution >= 4 is 11.6 Å². The van der Waals surface area contributed by atoms with Crippen molar-refractivity contribution in [3.05, 3.63) is 64.2 Å². The van der Waals surface area contributed by atoms with Gasteiger partial charge in [0.25, 0.3) is 0 Å². The Bertz CT molecular complexity index is 957. The standard InChI is InChI=1S/C24H25NO/c1-23(2)9-10-24(3,4)21-12-16(6-8-20(21)23)11-18-15-26-22-13-17(14-25)5-7-19(18)22/h5-8,11-13H,9-10,15H2,1-4H3/b18-11+. The van der Waals surface area contributed by atoms with Crippen LogP contribution in [0.3, 0.4) is 0 Å². The highest BCUT2D eigenvalue weighted by atomic mass is 16.5. The predicted octanol–water partition coefficient (Wildman–Crippen LogP) is 5.84. The maximum absolute atomic E-state index is 9.05. The number of ether oxygens (including phenoxy) is 1. The lowest BCUT2D eigenvalue weighted by molar-refractivity contribution is 0.332. The first-order valence-electron chi connectivity index (χ1n) is 9.33. The van der Waals surface area contributed by atoms with Gasteiger partial charge in [-0.15, -0.1) is 0 Å². The van der Waals surface area contributed by atoms with Crippen LogP contribution in [0.25, 0.3) is 11.6 Å². The van der Waals surface area contributed by atoms with Gasteiger partial charge in [-0.2, -0.15) is 5.26 Å². The normalized spacial score (nSPS) is 20.8. The number of hydrogen-bond donors (Lipinski definition) is 0. The van der Waals surface area contributed by atoms with Gasteiger partial charge >= 0.3 is 0 Å². The van der Waals surface area contributed by atoms with Gasteiger partial charge < -0.3 is 4.74 Å². The van der Waals surface area contributed by atoms with Gasteiger partial charge in [-0.3, -0.25) is 0 Å². The second-order valence-corrected chi connectivity index (χ2v) is 8.85. The molecule has 4 rings (SSSR count). The van der Waals surface area contributed by atoms with E-state index in [1.54, 1.807) is 0 Å². The summed E-state index contributed by atoms with van der Waals surface area (Å²) < 4.78 is 5.79. The largest absolute Gasteiger partial charge is 0.488 e. The third kappa shape index (κ3) is 2.72. The molecule has 2 aromatic carbocycles. The summed E-state index contributed by atoms with van der Waals surface area (Å²) in [6, 6.07) is 14.8. The molecule has 2 aliphatic rings. The molecular weight excluding hydrogens is 318 g/mol. The van der Waals surface area contributed by atoms with Crippen molar-refractivity contribution in [3.63, 3.8) is 0 Å². The molecule has 0 aromatic heterocycles. The number of benzene rings is 2. The van der Waals surface area contributed by atoms with Crippen LogP contribution in [-0.4, -0.2) is 6.61 Å². The van der Waals surface area contributed by atoms with Gasteiger partial charge in [0.05, 0.1) is 11.6 Å². The first-order chi connectivity index (χ1) is 12.3. The van der Waals surface area contributed by atoms with Gasteiger partial charge in [0.15, 0.2) is 0 Å². The average molecular weight is 343 g/mol. The molecule has 0 atom stereocenters. The van der Waals surface area contributed by atoms with Gasteiger partial charge in [0.1, 0.15) is 12.4 Å². The number of rotatable bonds is 1. The number of nitriles is 1. The summed E-state index contributed by atoms with van der Waals surface area (Å²) in [6.07, 6.45) is 4.68. The summed E-state index contributed by atoms with van der Waals surface area (Å²) in [4.78, 5) is 0. The second kappa shape index (κ2) is 5.74. The van der Waals surface area contributed by atoms with Crippen molar-refractivity contribution in [2.24, 2.45) is 0 Å². The molecule has 26 heavy (non-hydrogen) atoms. The molecule has 0 N–H and O–H groups in total. The molecule has 2 heteroatoms. The van der Waals surface area contributed by atoms with Crippen molar-refractivity contribution in [3.8, 4) is 11.8 Å². The van der Waals surface area contributed by atoms with Gasteiger partial charge in [0.2, 0.25) is 0 Å². The molecule has 0 spiro atoms. The van der Waals surface area contributed by atoms with Gasteiger partial charge in [-0.1, -0.05) is 45.9 Å². The van der Waals surface area contributed by atoms with E-state index in [0.29, 0.717) is 12.2 Å². The number of hydrogen-bond acceptors (Lipinski definition) is 2. The molecule has 0 bridgehead atoms. The highest BCUT2D eigenvalue weighted by molar-refractivity contribution is 5.87. The lowest BCUT2D eigenvalue weighted by atomic mass is 9.63. The minimum absolute atomic E-state index is 0.213. The minimum atomic E-state index is 0.213. The Hall–Kier alpha value is -2.53. The Labute approximate surface area is 156 Å². The van der Waals surface area contributed by atoms with E-state index in [4.69, 9.17) is 10.00 Å². The summed E-state index contributed by atoms with van der Waals surface area (Å²) in [5.41, 5.74) is 7.56. The van der Waals surface area contributed by atoms with E-state index < -0.39 is 0 Å². The average Bonchev–Trinajstić information content (AvgIpc) is 3.01. The molecule has 1 aliphatic heterocycles. The van der Waals surface area contributed by atoms with Gasteiger partial charge in [-0.05, 0) is 64.6 Å². The van der Waals surface area contributed by atoms with Crippen molar-refractivity contribution in [2.75, 3.05) is 6.61 Å². The fourth-order valence-electron chi connectivity index (χ4n) is 4.23. The molecule has 132 valence electrons. The van der Waals surface area contributed by atoms with Gasteiger partial charge in [-0.25, -0.2) is 0 Å². The molecular formula is C24H25NO. The Balaban J connectivity index is 1.76. The molecule has 2 nitrogen and oxygen atoms in total.